The molecule has 0 aromatic heterocycles. The summed E-state index contributed by atoms with van der Waals surface area (Å²) in [6.45, 7) is 3.92. The van der Waals surface area contributed by atoms with Crippen molar-refractivity contribution in [1.82, 2.24) is 10.7 Å². The van der Waals surface area contributed by atoms with Crippen LogP contribution in [0.5, 0.6) is 5.75 Å². The second-order valence-corrected chi connectivity index (χ2v) is 5.89. The SMILES string of the molecule is CC(C)Oc1ccc(C=NNC(=O)C(=O)NC2CCCC2)cc1. The Hall–Kier alpha value is -2.37. The van der Waals surface area contributed by atoms with Crippen LogP contribution in [-0.4, -0.2) is 30.2 Å². The van der Waals surface area contributed by atoms with Gasteiger partial charge in [-0.05, 0) is 56.5 Å². The summed E-state index contributed by atoms with van der Waals surface area (Å²) in [5.41, 5.74) is 3.04. The third-order valence-electron chi connectivity index (χ3n) is 3.53. The number of benzene rings is 1. The number of nitrogens with zero attached hydrogens (tertiary/aromatic N) is 1. The van der Waals surface area contributed by atoms with E-state index in [2.05, 4.69) is 15.8 Å². The van der Waals surface area contributed by atoms with Gasteiger partial charge in [0.25, 0.3) is 0 Å². The van der Waals surface area contributed by atoms with Crippen molar-refractivity contribution in [2.75, 3.05) is 0 Å². The summed E-state index contributed by atoms with van der Waals surface area (Å²) in [6.07, 6.45) is 5.68. The minimum Gasteiger partial charge on any atom is -0.491 e. The summed E-state index contributed by atoms with van der Waals surface area (Å²) in [6, 6.07) is 7.43. The van der Waals surface area contributed by atoms with Crippen molar-refractivity contribution in [3.8, 4) is 5.75 Å². The van der Waals surface area contributed by atoms with E-state index in [9.17, 15) is 9.59 Å². The highest BCUT2D eigenvalue weighted by Crippen LogP contribution is 2.17. The summed E-state index contributed by atoms with van der Waals surface area (Å²) in [7, 11) is 0. The quantitative estimate of drug-likeness (QED) is 0.495. The van der Waals surface area contributed by atoms with Crippen molar-refractivity contribution in [3.63, 3.8) is 0 Å². The smallest absolute Gasteiger partial charge is 0.329 e. The molecule has 124 valence electrons. The minimum absolute atomic E-state index is 0.116. The number of hydrazone groups is 1. The molecule has 0 heterocycles. The lowest BCUT2D eigenvalue weighted by atomic mass is 10.2. The van der Waals surface area contributed by atoms with Crippen molar-refractivity contribution in [2.24, 2.45) is 5.10 Å². The first kappa shape index (κ1) is 17.0. The Balaban J connectivity index is 1.78. The maximum absolute atomic E-state index is 11.7. The molecular formula is C17H23N3O3. The van der Waals surface area contributed by atoms with Crippen LogP contribution in [0.15, 0.2) is 29.4 Å². The van der Waals surface area contributed by atoms with Gasteiger partial charge < -0.3 is 10.1 Å². The molecule has 0 atom stereocenters. The van der Waals surface area contributed by atoms with Gasteiger partial charge in [0, 0.05) is 6.04 Å². The second kappa shape index (κ2) is 8.31. The van der Waals surface area contributed by atoms with Crippen LogP contribution < -0.4 is 15.5 Å². The fraction of sp³-hybridized carbons (Fsp3) is 0.471. The van der Waals surface area contributed by atoms with Gasteiger partial charge in [0.2, 0.25) is 0 Å². The van der Waals surface area contributed by atoms with Crippen LogP contribution in [0.4, 0.5) is 0 Å². The second-order valence-electron chi connectivity index (χ2n) is 5.89. The lowest BCUT2D eigenvalue weighted by Crippen LogP contribution is -2.42. The average molecular weight is 317 g/mol. The monoisotopic (exact) mass is 317 g/mol. The molecule has 0 radical (unpaired) electrons. The molecule has 1 fully saturated rings. The molecule has 1 saturated carbocycles. The number of carbonyl (C=O) groups excluding carboxylic acids is 2. The minimum atomic E-state index is -0.743. The summed E-state index contributed by atoms with van der Waals surface area (Å²) in [4.78, 5) is 23.3. The zero-order chi connectivity index (χ0) is 16.7. The van der Waals surface area contributed by atoms with Crippen molar-refractivity contribution in [3.05, 3.63) is 29.8 Å². The van der Waals surface area contributed by atoms with Gasteiger partial charge >= 0.3 is 11.8 Å². The highest BCUT2D eigenvalue weighted by Gasteiger charge is 2.20. The summed E-state index contributed by atoms with van der Waals surface area (Å²) in [5.74, 6) is -0.597. The van der Waals surface area contributed by atoms with Crippen molar-refractivity contribution in [2.45, 2.75) is 51.7 Å². The molecule has 0 bridgehead atoms. The summed E-state index contributed by atoms with van der Waals surface area (Å²) >= 11 is 0. The predicted molar refractivity (Wildman–Crippen MR) is 88.3 cm³/mol. The maximum atomic E-state index is 11.7. The Kier molecular flexibility index (Phi) is 6.14. The number of ether oxygens (including phenoxy) is 1. The number of amides is 2. The van der Waals surface area contributed by atoms with E-state index in [1.165, 1.54) is 6.21 Å². The Morgan fingerprint density at radius 1 is 1.17 bits per heavy atom. The normalized spacial score (nSPS) is 15.1. The fourth-order valence-electron chi connectivity index (χ4n) is 2.44. The van der Waals surface area contributed by atoms with Crippen LogP contribution in [0.2, 0.25) is 0 Å². The molecule has 0 saturated heterocycles. The summed E-state index contributed by atoms with van der Waals surface area (Å²) < 4.78 is 5.54. The molecule has 1 aliphatic carbocycles. The predicted octanol–water partition coefficient (Wildman–Crippen LogP) is 1.98. The highest BCUT2D eigenvalue weighted by molar-refractivity contribution is 6.35. The summed E-state index contributed by atoms with van der Waals surface area (Å²) in [5, 5.41) is 6.51. The molecule has 6 nitrogen and oxygen atoms in total. The zero-order valence-corrected chi connectivity index (χ0v) is 13.5. The van der Waals surface area contributed by atoms with Gasteiger partial charge in [-0.3, -0.25) is 9.59 Å². The number of rotatable bonds is 5. The molecule has 0 aliphatic heterocycles. The Morgan fingerprint density at radius 3 is 2.43 bits per heavy atom. The molecular weight excluding hydrogens is 294 g/mol. The van der Waals surface area contributed by atoms with E-state index in [4.69, 9.17) is 4.74 Å². The zero-order valence-electron chi connectivity index (χ0n) is 13.5. The first-order chi connectivity index (χ1) is 11.0. The van der Waals surface area contributed by atoms with E-state index in [-0.39, 0.29) is 12.1 Å². The lowest BCUT2D eigenvalue weighted by molar-refractivity contribution is -0.139. The third kappa shape index (κ3) is 5.73. The lowest BCUT2D eigenvalue weighted by Gasteiger charge is -2.10. The number of hydrogen-bond donors (Lipinski definition) is 2. The largest absolute Gasteiger partial charge is 0.491 e. The number of nitrogens with one attached hydrogen (secondary N) is 2. The van der Waals surface area contributed by atoms with Gasteiger partial charge in [-0.2, -0.15) is 5.10 Å². The van der Waals surface area contributed by atoms with Gasteiger partial charge in [0.05, 0.1) is 12.3 Å². The molecule has 2 rings (SSSR count). The van der Waals surface area contributed by atoms with Gasteiger partial charge in [-0.25, -0.2) is 5.43 Å². The fourth-order valence-corrected chi connectivity index (χ4v) is 2.44. The van der Waals surface area contributed by atoms with Gasteiger partial charge in [-0.1, -0.05) is 12.8 Å². The van der Waals surface area contributed by atoms with E-state index in [0.29, 0.717) is 0 Å². The molecule has 1 aromatic rings. The average Bonchev–Trinajstić information content (AvgIpc) is 3.01. The van der Waals surface area contributed by atoms with Gasteiger partial charge in [-0.15, -0.1) is 0 Å². The molecule has 6 heteroatoms. The molecule has 1 aliphatic rings. The Bertz CT molecular complexity index is 561. The Morgan fingerprint density at radius 2 is 1.83 bits per heavy atom. The van der Waals surface area contributed by atoms with Crippen molar-refractivity contribution < 1.29 is 14.3 Å². The van der Waals surface area contributed by atoms with E-state index in [0.717, 1.165) is 37.0 Å². The third-order valence-corrected chi connectivity index (χ3v) is 3.53. The van der Waals surface area contributed by atoms with E-state index in [1.54, 1.807) is 0 Å². The Labute approximate surface area is 136 Å². The first-order valence-corrected chi connectivity index (χ1v) is 7.95. The van der Waals surface area contributed by atoms with Crippen LogP contribution in [-0.2, 0) is 9.59 Å². The van der Waals surface area contributed by atoms with Crippen molar-refractivity contribution >= 4 is 18.0 Å². The maximum Gasteiger partial charge on any atom is 0.329 e. The first-order valence-electron chi connectivity index (χ1n) is 7.95. The highest BCUT2D eigenvalue weighted by atomic mass is 16.5. The van der Waals surface area contributed by atoms with E-state index < -0.39 is 11.8 Å². The van der Waals surface area contributed by atoms with Crippen molar-refractivity contribution in [1.29, 1.82) is 0 Å². The van der Waals surface area contributed by atoms with Crippen LogP contribution in [0.25, 0.3) is 0 Å². The molecule has 23 heavy (non-hydrogen) atoms. The number of carbonyl (C=O) groups is 2. The van der Waals surface area contributed by atoms with Crippen LogP contribution >= 0.6 is 0 Å². The van der Waals surface area contributed by atoms with Crippen LogP contribution in [0.3, 0.4) is 0 Å². The molecule has 0 unspecified atom stereocenters. The van der Waals surface area contributed by atoms with E-state index in [1.807, 2.05) is 38.1 Å². The molecule has 1 aromatic carbocycles. The molecule has 2 amide bonds. The number of hydrogen-bond acceptors (Lipinski definition) is 4. The van der Waals surface area contributed by atoms with Crippen LogP contribution in [0, 0.1) is 0 Å². The van der Waals surface area contributed by atoms with Crippen LogP contribution in [0.1, 0.15) is 45.1 Å². The standard InChI is InChI=1S/C17H23N3O3/c1-12(2)23-15-9-7-13(8-10-15)11-18-20-17(22)16(21)19-14-5-3-4-6-14/h7-12,14H,3-6H2,1-2H3,(H,19,21)(H,20,22). The topological polar surface area (TPSA) is 79.8 Å². The molecule has 0 spiro atoms. The van der Waals surface area contributed by atoms with E-state index >= 15 is 0 Å². The van der Waals surface area contributed by atoms with Gasteiger partial charge in [0.1, 0.15) is 5.75 Å². The van der Waals surface area contributed by atoms with Gasteiger partial charge in [0.15, 0.2) is 0 Å². The molecule has 2 N–H and O–H groups in total.